The number of para-hydroxylation sites is 1. The summed E-state index contributed by atoms with van der Waals surface area (Å²) in [6.45, 7) is 1.97. The maximum absolute atomic E-state index is 3.24. The van der Waals surface area contributed by atoms with E-state index < -0.39 is 0 Å². The molecule has 0 aliphatic carbocycles. The van der Waals surface area contributed by atoms with Gasteiger partial charge >= 0.3 is 0 Å². The lowest BCUT2D eigenvalue weighted by Gasteiger charge is -2.19. The van der Waals surface area contributed by atoms with Crippen LogP contribution in [0.25, 0.3) is 10.9 Å². The predicted molar refractivity (Wildman–Crippen MR) is 79.2 cm³/mol. The van der Waals surface area contributed by atoms with Crippen molar-refractivity contribution in [3.8, 4) is 0 Å². The third-order valence-electron chi connectivity index (χ3n) is 3.80. The Balaban J connectivity index is 1.65. The highest BCUT2D eigenvalue weighted by molar-refractivity contribution is 5.80. The third kappa shape index (κ3) is 1.80. The van der Waals surface area contributed by atoms with Gasteiger partial charge in [0, 0.05) is 36.9 Å². The minimum Gasteiger partial charge on any atom is -0.366 e. The van der Waals surface area contributed by atoms with Gasteiger partial charge in [-0.15, -0.1) is 0 Å². The van der Waals surface area contributed by atoms with Crippen LogP contribution in [-0.2, 0) is 6.54 Å². The molecule has 0 fully saturated rings. The third-order valence-corrected chi connectivity index (χ3v) is 3.80. The minimum absolute atomic E-state index is 0.967. The van der Waals surface area contributed by atoms with Gasteiger partial charge in [-0.2, -0.15) is 0 Å². The normalized spacial score (nSPS) is 14.0. The molecule has 0 atom stereocenters. The molecule has 4 rings (SSSR count). The molecular formula is C17H15N2. The van der Waals surface area contributed by atoms with Crippen LogP contribution in [-0.4, -0.2) is 11.5 Å². The first-order valence-electron chi connectivity index (χ1n) is 6.63. The zero-order chi connectivity index (χ0) is 12.7. The fourth-order valence-corrected chi connectivity index (χ4v) is 2.83. The molecule has 0 bridgehead atoms. The van der Waals surface area contributed by atoms with Crippen LogP contribution in [0, 0.1) is 6.42 Å². The molecule has 0 unspecified atom stereocenters. The Morgan fingerprint density at radius 3 is 3.00 bits per heavy atom. The van der Waals surface area contributed by atoms with Gasteiger partial charge in [-0.05, 0) is 40.8 Å². The summed E-state index contributed by atoms with van der Waals surface area (Å²) >= 11 is 0. The van der Waals surface area contributed by atoms with E-state index in [9.17, 15) is 0 Å². The number of anilines is 1. The molecule has 0 saturated heterocycles. The molecule has 1 N–H and O–H groups in total. The van der Waals surface area contributed by atoms with Crippen molar-refractivity contribution in [1.29, 1.82) is 0 Å². The Hall–Kier alpha value is -2.22. The highest BCUT2D eigenvalue weighted by Gasteiger charge is 2.18. The van der Waals surface area contributed by atoms with Crippen LogP contribution in [0.4, 0.5) is 5.69 Å². The second-order valence-corrected chi connectivity index (χ2v) is 5.04. The van der Waals surface area contributed by atoms with E-state index >= 15 is 0 Å². The first kappa shape index (κ1) is 10.7. The SMILES string of the molecule is [CH]1CN(Cc2ccc3[nH]ccc3c2)c2ccccc21. The zero-order valence-corrected chi connectivity index (χ0v) is 10.6. The molecule has 2 heteroatoms. The molecule has 1 radical (unpaired) electrons. The molecule has 2 heterocycles. The Morgan fingerprint density at radius 2 is 2.00 bits per heavy atom. The van der Waals surface area contributed by atoms with Gasteiger partial charge in [0.2, 0.25) is 0 Å². The van der Waals surface area contributed by atoms with Crippen molar-refractivity contribution < 1.29 is 0 Å². The first-order valence-corrected chi connectivity index (χ1v) is 6.63. The number of fused-ring (bicyclic) bond motifs is 2. The fraction of sp³-hybridized carbons (Fsp3) is 0.118. The van der Waals surface area contributed by atoms with Crippen LogP contribution in [0.3, 0.4) is 0 Å². The minimum atomic E-state index is 0.967. The maximum Gasteiger partial charge on any atom is 0.0454 e. The number of H-pyrrole nitrogens is 1. The van der Waals surface area contributed by atoms with E-state index in [0.29, 0.717) is 0 Å². The number of rotatable bonds is 2. The van der Waals surface area contributed by atoms with E-state index in [0.717, 1.165) is 13.1 Å². The summed E-state index contributed by atoms with van der Waals surface area (Å²) in [4.78, 5) is 5.66. The highest BCUT2D eigenvalue weighted by Crippen LogP contribution is 2.30. The molecule has 1 aliphatic heterocycles. The summed E-state index contributed by atoms with van der Waals surface area (Å²) in [6, 6.07) is 17.4. The van der Waals surface area contributed by atoms with Gasteiger partial charge in [-0.3, -0.25) is 0 Å². The smallest absolute Gasteiger partial charge is 0.0454 e. The van der Waals surface area contributed by atoms with Crippen LogP contribution in [0.5, 0.6) is 0 Å². The monoisotopic (exact) mass is 247 g/mol. The van der Waals surface area contributed by atoms with Crippen LogP contribution < -0.4 is 4.90 Å². The van der Waals surface area contributed by atoms with Gasteiger partial charge in [0.05, 0.1) is 0 Å². The van der Waals surface area contributed by atoms with Crippen molar-refractivity contribution in [1.82, 2.24) is 4.98 Å². The molecule has 1 aromatic heterocycles. The summed E-state index contributed by atoms with van der Waals surface area (Å²) in [5.41, 5.74) is 5.26. The lowest BCUT2D eigenvalue weighted by molar-refractivity contribution is 0.882. The zero-order valence-electron chi connectivity index (χ0n) is 10.6. The van der Waals surface area contributed by atoms with Crippen molar-refractivity contribution in [2.24, 2.45) is 0 Å². The van der Waals surface area contributed by atoms with Crippen molar-refractivity contribution in [3.05, 3.63) is 72.3 Å². The molecule has 3 aromatic rings. The number of hydrogen-bond acceptors (Lipinski definition) is 1. The summed E-state index contributed by atoms with van der Waals surface area (Å²) in [6.07, 6.45) is 4.29. The molecule has 2 nitrogen and oxygen atoms in total. The van der Waals surface area contributed by atoms with Gasteiger partial charge < -0.3 is 9.88 Å². The standard InChI is InChI=1S/C17H15N2/c1-2-4-17-14(3-1)8-10-19(17)12-13-5-6-16-15(11-13)7-9-18-16/h1-9,11,18H,10,12H2. The van der Waals surface area contributed by atoms with E-state index in [4.69, 9.17) is 0 Å². The quantitative estimate of drug-likeness (QED) is 0.731. The Labute approximate surface area is 112 Å². The number of benzene rings is 2. The second kappa shape index (κ2) is 4.16. The lowest BCUT2D eigenvalue weighted by Crippen LogP contribution is -2.19. The Morgan fingerprint density at radius 1 is 1.05 bits per heavy atom. The summed E-state index contributed by atoms with van der Waals surface area (Å²) in [5, 5.41) is 1.29. The van der Waals surface area contributed by atoms with E-state index in [-0.39, 0.29) is 0 Å². The van der Waals surface area contributed by atoms with Gasteiger partial charge in [0.25, 0.3) is 0 Å². The van der Waals surface area contributed by atoms with Crippen molar-refractivity contribution in [3.63, 3.8) is 0 Å². The predicted octanol–water partition coefficient (Wildman–Crippen LogP) is 3.74. The van der Waals surface area contributed by atoms with Gasteiger partial charge in [0.1, 0.15) is 0 Å². The Bertz CT molecular complexity index is 727. The van der Waals surface area contributed by atoms with E-state index in [1.54, 1.807) is 0 Å². The van der Waals surface area contributed by atoms with E-state index in [1.807, 2.05) is 6.20 Å². The van der Waals surface area contributed by atoms with Crippen LogP contribution >= 0.6 is 0 Å². The summed E-state index contributed by atoms with van der Waals surface area (Å²) in [5.74, 6) is 0. The Kier molecular flexibility index (Phi) is 2.34. The van der Waals surface area contributed by atoms with E-state index in [2.05, 4.69) is 64.8 Å². The van der Waals surface area contributed by atoms with Crippen molar-refractivity contribution in [2.75, 3.05) is 11.4 Å². The fourth-order valence-electron chi connectivity index (χ4n) is 2.83. The average Bonchev–Trinajstić information content (AvgIpc) is 3.06. The first-order chi connectivity index (χ1) is 9.40. The number of aromatic amines is 1. The van der Waals surface area contributed by atoms with Crippen molar-refractivity contribution in [2.45, 2.75) is 6.54 Å². The van der Waals surface area contributed by atoms with Crippen LogP contribution in [0.1, 0.15) is 11.1 Å². The average molecular weight is 247 g/mol. The lowest BCUT2D eigenvalue weighted by atomic mass is 10.1. The topological polar surface area (TPSA) is 19.0 Å². The van der Waals surface area contributed by atoms with Crippen molar-refractivity contribution >= 4 is 16.6 Å². The second-order valence-electron chi connectivity index (χ2n) is 5.04. The van der Waals surface area contributed by atoms with E-state index in [1.165, 1.54) is 27.7 Å². The highest BCUT2D eigenvalue weighted by atomic mass is 15.1. The van der Waals surface area contributed by atoms with Gasteiger partial charge in [-0.1, -0.05) is 24.3 Å². The molecular weight excluding hydrogens is 232 g/mol. The summed E-state index contributed by atoms with van der Waals surface area (Å²) < 4.78 is 0. The molecule has 0 amide bonds. The molecule has 1 aliphatic rings. The maximum atomic E-state index is 3.24. The summed E-state index contributed by atoms with van der Waals surface area (Å²) in [7, 11) is 0. The molecule has 93 valence electrons. The largest absolute Gasteiger partial charge is 0.366 e. The number of nitrogens with zero attached hydrogens (tertiary/aromatic N) is 1. The number of nitrogens with one attached hydrogen (secondary N) is 1. The molecule has 0 spiro atoms. The van der Waals surface area contributed by atoms with Crippen LogP contribution in [0.15, 0.2) is 54.7 Å². The number of hydrogen-bond donors (Lipinski definition) is 1. The molecule has 0 saturated carbocycles. The van der Waals surface area contributed by atoms with Gasteiger partial charge in [0.15, 0.2) is 0 Å². The molecule has 19 heavy (non-hydrogen) atoms. The van der Waals surface area contributed by atoms with Gasteiger partial charge in [-0.25, -0.2) is 0 Å². The number of aromatic nitrogens is 1. The van der Waals surface area contributed by atoms with Crippen LogP contribution in [0.2, 0.25) is 0 Å². The molecule has 2 aromatic carbocycles.